The summed E-state index contributed by atoms with van der Waals surface area (Å²) in [6, 6.07) is 12.7. The zero-order valence-electron chi connectivity index (χ0n) is 16.6. The highest BCUT2D eigenvalue weighted by Crippen LogP contribution is 2.21. The average molecular weight is 380 g/mol. The van der Waals surface area contributed by atoms with Crippen LogP contribution in [0.5, 0.6) is 0 Å². The van der Waals surface area contributed by atoms with Crippen molar-refractivity contribution in [1.82, 2.24) is 15.1 Å². The van der Waals surface area contributed by atoms with Crippen molar-refractivity contribution in [2.45, 2.75) is 45.1 Å². The third-order valence-electron chi connectivity index (χ3n) is 5.77. The number of hydrogen-bond acceptors (Lipinski definition) is 5. The van der Waals surface area contributed by atoms with Crippen LogP contribution in [-0.2, 0) is 0 Å². The Labute approximate surface area is 166 Å². The average Bonchev–Trinajstić information content (AvgIpc) is 2.75. The smallest absolute Gasteiger partial charge is 0.274 e. The van der Waals surface area contributed by atoms with E-state index in [-0.39, 0.29) is 5.91 Å². The quantitative estimate of drug-likeness (QED) is 0.881. The molecule has 1 saturated carbocycles. The van der Waals surface area contributed by atoms with E-state index in [0.29, 0.717) is 24.8 Å². The molecule has 2 fully saturated rings. The van der Waals surface area contributed by atoms with Crippen LogP contribution in [0.4, 0.5) is 11.5 Å². The largest absolute Gasteiger partial charge is 0.368 e. The summed E-state index contributed by atoms with van der Waals surface area (Å²) in [7, 11) is 0. The maximum Gasteiger partial charge on any atom is 0.274 e. The minimum absolute atomic E-state index is 0.0272. The molecule has 0 atom stereocenters. The van der Waals surface area contributed by atoms with Gasteiger partial charge in [0.15, 0.2) is 5.69 Å². The lowest BCUT2D eigenvalue weighted by atomic mass is 9.95. The van der Waals surface area contributed by atoms with Gasteiger partial charge in [-0.25, -0.2) is 0 Å². The number of nitrogens with one attached hydrogen (secondary N) is 1. The number of anilines is 2. The maximum absolute atomic E-state index is 12.8. The van der Waals surface area contributed by atoms with Gasteiger partial charge in [-0.2, -0.15) is 0 Å². The summed E-state index contributed by atoms with van der Waals surface area (Å²) < 4.78 is 0. The lowest BCUT2D eigenvalue weighted by Crippen LogP contribution is -2.49. The molecule has 4 rings (SSSR count). The van der Waals surface area contributed by atoms with Gasteiger partial charge < -0.3 is 15.1 Å². The Morgan fingerprint density at radius 3 is 2.46 bits per heavy atom. The minimum Gasteiger partial charge on any atom is -0.368 e. The van der Waals surface area contributed by atoms with Gasteiger partial charge in [0, 0.05) is 37.9 Å². The van der Waals surface area contributed by atoms with Crippen molar-refractivity contribution in [1.29, 1.82) is 0 Å². The van der Waals surface area contributed by atoms with Crippen LogP contribution in [0.2, 0.25) is 0 Å². The van der Waals surface area contributed by atoms with Crippen LogP contribution >= 0.6 is 0 Å². The van der Waals surface area contributed by atoms with Crippen LogP contribution in [0, 0.1) is 6.92 Å². The predicted molar refractivity (Wildman–Crippen MR) is 112 cm³/mol. The van der Waals surface area contributed by atoms with E-state index in [1.807, 2.05) is 11.0 Å². The molecule has 2 aromatic rings. The molecule has 2 aliphatic rings. The molecule has 0 bridgehead atoms. The van der Waals surface area contributed by atoms with Crippen molar-refractivity contribution < 1.29 is 4.79 Å². The van der Waals surface area contributed by atoms with Crippen molar-refractivity contribution in [3.8, 4) is 0 Å². The molecule has 1 aromatic carbocycles. The van der Waals surface area contributed by atoms with Crippen LogP contribution in [0.3, 0.4) is 0 Å². The standard InChI is InChI=1S/C22H29N5O/c1-17-6-5-9-19(16-17)26-12-14-27(15-13-26)22(28)20-10-11-21(25-24-20)23-18-7-3-2-4-8-18/h5-6,9-11,16,18H,2-4,7-8,12-15H2,1H3,(H,23,25). The molecule has 6 nitrogen and oxygen atoms in total. The van der Waals surface area contributed by atoms with Crippen LogP contribution in [-0.4, -0.2) is 53.2 Å². The van der Waals surface area contributed by atoms with E-state index in [1.165, 1.54) is 43.4 Å². The fourth-order valence-electron chi connectivity index (χ4n) is 4.13. The highest BCUT2D eigenvalue weighted by Gasteiger charge is 2.23. The Morgan fingerprint density at radius 1 is 1.00 bits per heavy atom. The Bertz CT molecular complexity index is 793. The molecular formula is C22H29N5O. The molecule has 1 aromatic heterocycles. The van der Waals surface area contributed by atoms with Gasteiger partial charge in [0.2, 0.25) is 0 Å². The normalized spacial score (nSPS) is 18.2. The minimum atomic E-state index is -0.0272. The number of aromatic nitrogens is 2. The Kier molecular flexibility index (Phi) is 5.74. The van der Waals surface area contributed by atoms with E-state index < -0.39 is 0 Å². The fraction of sp³-hybridized carbons (Fsp3) is 0.500. The van der Waals surface area contributed by atoms with Crippen LogP contribution in [0.1, 0.15) is 48.2 Å². The fourth-order valence-corrected chi connectivity index (χ4v) is 4.13. The molecule has 28 heavy (non-hydrogen) atoms. The monoisotopic (exact) mass is 379 g/mol. The van der Waals surface area contributed by atoms with Crippen LogP contribution < -0.4 is 10.2 Å². The van der Waals surface area contributed by atoms with Crippen molar-refractivity contribution in [3.63, 3.8) is 0 Å². The first-order chi connectivity index (χ1) is 13.7. The van der Waals surface area contributed by atoms with Gasteiger partial charge in [-0.15, -0.1) is 10.2 Å². The molecule has 0 spiro atoms. The number of amides is 1. The van der Waals surface area contributed by atoms with E-state index in [4.69, 9.17) is 0 Å². The number of hydrogen-bond donors (Lipinski definition) is 1. The molecule has 1 amide bonds. The third-order valence-corrected chi connectivity index (χ3v) is 5.77. The summed E-state index contributed by atoms with van der Waals surface area (Å²) in [6.45, 7) is 5.19. The molecule has 6 heteroatoms. The predicted octanol–water partition coefficient (Wildman–Crippen LogP) is 3.49. The molecule has 1 aliphatic heterocycles. The van der Waals surface area contributed by atoms with Gasteiger partial charge in [-0.3, -0.25) is 4.79 Å². The Hall–Kier alpha value is -2.63. The second kappa shape index (κ2) is 8.59. The molecule has 148 valence electrons. The van der Waals surface area contributed by atoms with E-state index in [2.05, 4.69) is 51.6 Å². The number of piperazine rings is 1. The topological polar surface area (TPSA) is 61.4 Å². The van der Waals surface area contributed by atoms with E-state index in [1.54, 1.807) is 6.07 Å². The summed E-state index contributed by atoms with van der Waals surface area (Å²) in [5.41, 5.74) is 2.91. The van der Waals surface area contributed by atoms with Crippen LogP contribution in [0.15, 0.2) is 36.4 Å². The lowest BCUT2D eigenvalue weighted by molar-refractivity contribution is 0.0739. The van der Waals surface area contributed by atoms with Crippen molar-refractivity contribution in [2.24, 2.45) is 0 Å². The zero-order valence-corrected chi connectivity index (χ0v) is 16.6. The first-order valence-corrected chi connectivity index (χ1v) is 10.4. The zero-order chi connectivity index (χ0) is 19.3. The van der Waals surface area contributed by atoms with Gasteiger partial charge in [0.05, 0.1) is 0 Å². The van der Waals surface area contributed by atoms with Gasteiger partial charge in [0.1, 0.15) is 5.82 Å². The SMILES string of the molecule is Cc1cccc(N2CCN(C(=O)c3ccc(NC4CCCCC4)nn3)CC2)c1. The number of rotatable bonds is 4. The summed E-state index contributed by atoms with van der Waals surface area (Å²) in [5.74, 6) is 0.744. The van der Waals surface area contributed by atoms with E-state index in [0.717, 1.165) is 18.9 Å². The maximum atomic E-state index is 12.8. The number of aryl methyl sites for hydroxylation is 1. The number of nitrogens with zero attached hydrogens (tertiary/aromatic N) is 4. The van der Waals surface area contributed by atoms with E-state index >= 15 is 0 Å². The molecule has 2 heterocycles. The first-order valence-electron chi connectivity index (χ1n) is 10.4. The second-order valence-corrected chi connectivity index (χ2v) is 7.90. The Balaban J connectivity index is 1.32. The summed E-state index contributed by atoms with van der Waals surface area (Å²) in [4.78, 5) is 17.0. The van der Waals surface area contributed by atoms with Gasteiger partial charge in [0.25, 0.3) is 5.91 Å². The molecule has 0 unspecified atom stereocenters. The lowest BCUT2D eigenvalue weighted by Gasteiger charge is -2.36. The highest BCUT2D eigenvalue weighted by molar-refractivity contribution is 5.92. The van der Waals surface area contributed by atoms with E-state index in [9.17, 15) is 4.79 Å². The molecule has 0 radical (unpaired) electrons. The molecular weight excluding hydrogens is 350 g/mol. The van der Waals surface area contributed by atoms with Gasteiger partial charge in [-0.1, -0.05) is 31.4 Å². The Morgan fingerprint density at radius 2 is 1.79 bits per heavy atom. The number of carbonyl (C=O) groups excluding carboxylic acids is 1. The third kappa shape index (κ3) is 4.43. The highest BCUT2D eigenvalue weighted by atomic mass is 16.2. The summed E-state index contributed by atoms with van der Waals surface area (Å²) >= 11 is 0. The number of benzene rings is 1. The van der Waals surface area contributed by atoms with Gasteiger partial charge >= 0.3 is 0 Å². The molecule has 1 saturated heterocycles. The van der Waals surface area contributed by atoms with Crippen LogP contribution in [0.25, 0.3) is 0 Å². The molecule has 1 aliphatic carbocycles. The summed E-state index contributed by atoms with van der Waals surface area (Å²) in [6.07, 6.45) is 6.25. The summed E-state index contributed by atoms with van der Waals surface area (Å²) in [5, 5.41) is 11.9. The van der Waals surface area contributed by atoms with Gasteiger partial charge in [-0.05, 0) is 49.6 Å². The number of carbonyl (C=O) groups is 1. The van der Waals surface area contributed by atoms with Crippen molar-refractivity contribution in [2.75, 3.05) is 36.4 Å². The first kappa shape index (κ1) is 18.7. The molecule has 1 N–H and O–H groups in total. The van der Waals surface area contributed by atoms with Crippen molar-refractivity contribution in [3.05, 3.63) is 47.7 Å². The van der Waals surface area contributed by atoms with Crippen molar-refractivity contribution >= 4 is 17.4 Å². The second-order valence-electron chi connectivity index (χ2n) is 7.90.